The first-order valence-electron chi connectivity index (χ1n) is 11.0. The van der Waals surface area contributed by atoms with E-state index in [9.17, 15) is 4.79 Å². The van der Waals surface area contributed by atoms with Gasteiger partial charge in [0.15, 0.2) is 5.13 Å². The average molecular weight is 462 g/mol. The van der Waals surface area contributed by atoms with Crippen LogP contribution in [0, 0.1) is 12.7 Å². The highest BCUT2D eigenvalue weighted by Gasteiger charge is 2.31. The number of carbonyl (C=O) groups excluding carboxylic acids is 1. The van der Waals surface area contributed by atoms with Crippen molar-refractivity contribution in [1.29, 1.82) is 0 Å². The van der Waals surface area contributed by atoms with Crippen molar-refractivity contribution in [2.75, 3.05) is 23.3 Å². The van der Waals surface area contributed by atoms with Gasteiger partial charge in [-0.05, 0) is 61.5 Å². The van der Waals surface area contributed by atoms with E-state index in [1.54, 1.807) is 23.4 Å². The molecule has 0 aliphatic carbocycles. The standard InChI is InChI=1S/C25H24FN5OS/c1-16-4-2-5-17-9-11-28-23(22(16)17)31(19-6-3-10-27-15-19)24(32)20-8-7-18(14-21(20)26)30-25-29-12-13-33-25/h2,4-5,7-9,11-14,19,27H,3,6,10,15H2,1H3,(H,29,30)/t19-/m1/s1. The summed E-state index contributed by atoms with van der Waals surface area (Å²) in [7, 11) is 0. The molecule has 0 saturated carbocycles. The lowest BCUT2D eigenvalue weighted by Gasteiger charge is -2.35. The van der Waals surface area contributed by atoms with E-state index < -0.39 is 5.82 Å². The van der Waals surface area contributed by atoms with Crippen LogP contribution in [0.3, 0.4) is 0 Å². The third-order valence-corrected chi connectivity index (χ3v) is 6.63. The monoisotopic (exact) mass is 461 g/mol. The summed E-state index contributed by atoms with van der Waals surface area (Å²) in [4.78, 5) is 24.3. The van der Waals surface area contributed by atoms with E-state index in [0.29, 0.717) is 23.2 Å². The summed E-state index contributed by atoms with van der Waals surface area (Å²) in [5.74, 6) is -0.383. The maximum atomic E-state index is 15.2. The van der Waals surface area contributed by atoms with Crippen LogP contribution in [0.1, 0.15) is 28.8 Å². The molecule has 1 amide bonds. The number of piperidine rings is 1. The number of rotatable bonds is 5. The van der Waals surface area contributed by atoms with Crippen LogP contribution >= 0.6 is 11.3 Å². The van der Waals surface area contributed by atoms with Crippen LogP contribution in [-0.2, 0) is 0 Å². The Kier molecular flexibility index (Phi) is 6.02. The lowest BCUT2D eigenvalue weighted by Crippen LogP contribution is -2.49. The molecule has 1 aliphatic heterocycles. The predicted molar refractivity (Wildman–Crippen MR) is 131 cm³/mol. The molecule has 8 heteroatoms. The quantitative estimate of drug-likeness (QED) is 0.423. The summed E-state index contributed by atoms with van der Waals surface area (Å²) < 4.78 is 15.2. The Morgan fingerprint density at radius 2 is 2.12 bits per heavy atom. The topological polar surface area (TPSA) is 70.2 Å². The number of thiazole rings is 1. The summed E-state index contributed by atoms with van der Waals surface area (Å²) in [5, 5.41) is 10.9. The van der Waals surface area contributed by atoms with Crippen molar-refractivity contribution < 1.29 is 9.18 Å². The lowest BCUT2D eigenvalue weighted by molar-refractivity contribution is 0.0968. The number of nitrogens with one attached hydrogen (secondary N) is 2. The zero-order valence-corrected chi connectivity index (χ0v) is 19.0. The van der Waals surface area contributed by atoms with Gasteiger partial charge in [0.2, 0.25) is 0 Å². The number of carbonyl (C=O) groups is 1. The van der Waals surface area contributed by atoms with Gasteiger partial charge >= 0.3 is 0 Å². The van der Waals surface area contributed by atoms with Gasteiger partial charge in [-0.25, -0.2) is 14.4 Å². The Morgan fingerprint density at radius 1 is 1.21 bits per heavy atom. The molecule has 1 fully saturated rings. The van der Waals surface area contributed by atoms with Gasteiger partial charge in [-0.1, -0.05) is 18.2 Å². The summed E-state index contributed by atoms with van der Waals surface area (Å²) >= 11 is 1.42. The fraction of sp³-hybridized carbons (Fsp3) is 0.240. The van der Waals surface area contributed by atoms with Crippen LogP contribution < -0.4 is 15.5 Å². The number of hydrogen-bond acceptors (Lipinski definition) is 6. The van der Waals surface area contributed by atoms with E-state index in [1.807, 2.05) is 36.6 Å². The molecule has 1 saturated heterocycles. The van der Waals surface area contributed by atoms with Crippen LogP contribution in [0.15, 0.2) is 60.2 Å². The number of pyridine rings is 1. The van der Waals surface area contributed by atoms with E-state index in [1.165, 1.54) is 23.5 Å². The molecule has 3 heterocycles. The van der Waals surface area contributed by atoms with E-state index in [4.69, 9.17) is 0 Å². The smallest absolute Gasteiger partial charge is 0.262 e. The average Bonchev–Trinajstić information content (AvgIpc) is 3.33. The Balaban J connectivity index is 1.56. The van der Waals surface area contributed by atoms with Crippen molar-refractivity contribution >= 4 is 44.7 Å². The van der Waals surface area contributed by atoms with Gasteiger partial charge in [0.1, 0.15) is 11.6 Å². The molecular formula is C25H24FN5OS. The molecule has 2 N–H and O–H groups in total. The van der Waals surface area contributed by atoms with Crippen molar-refractivity contribution in [3.63, 3.8) is 0 Å². The van der Waals surface area contributed by atoms with Crippen LogP contribution in [0.4, 0.5) is 21.0 Å². The number of nitrogens with zero attached hydrogens (tertiary/aromatic N) is 3. The van der Waals surface area contributed by atoms with Crippen LogP contribution in [0.25, 0.3) is 10.8 Å². The van der Waals surface area contributed by atoms with Crippen LogP contribution in [-0.4, -0.2) is 35.0 Å². The Hall–Kier alpha value is -3.36. The molecule has 168 valence electrons. The lowest BCUT2D eigenvalue weighted by atomic mass is 10.0. The van der Waals surface area contributed by atoms with Gasteiger partial charge in [-0.2, -0.15) is 0 Å². The minimum Gasteiger partial charge on any atom is -0.331 e. The minimum absolute atomic E-state index is 0.0256. The van der Waals surface area contributed by atoms with Crippen molar-refractivity contribution in [2.45, 2.75) is 25.8 Å². The van der Waals surface area contributed by atoms with E-state index in [2.05, 4.69) is 20.6 Å². The van der Waals surface area contributed by atoms with Crippen molar-refractivity contribution in [1.82, 2.24) is 15.3 Å². The van der Waals surface area contributed by atoms with Gasteiger partial charge in [0.25, 0.3) is 5.91 Å². The number of aryl methyl sites for hydroxylation is 1. The maximum Gasteiger partial charge on any atom is 0.262 e. The molecule has 0 unspecified atom stereocenters. The second-order valence-electron chi connectivity index (χ2n) is 8.14. The fourth-order valence-corrected chi connectivity index (χ4v) is 4.91. The summed E-state index contributed by atoms with van der Waals surface area (Å²) in [6, 6.07) is 12.4. The molecular weight excluding hydrogens is 437 g/mol. The first-order chi connectivity index (χ1) is 16.1. The number of anilines is 3. The Labute approximate surface area is 195 Å². The molecule has 0 bridgehead atoms. The van der Waals surface area contributed by atoms with Gasteiger partial charge in [-0.3, -0.25) is 9.69 Å². The first kappa shape index (κ1) is 21.5. The Bertz CT molecular complexity index is 1280. The Morgan fingerprint density at radius 3 is 2.88 bits per heavy atom. The van der Waals surface area contributed by atoms with Crippen molar-refractivity contribution in [3.8, 4) is 0 Å². The van der Waals surface area contributed by atoms with Crippen LogP contribution in [0.2, 0.25) is 0 Å². The molecule has 2 aromatic heterocycles. The molecule has 4 aromatic rings. The van der Waals surface area contributed by atoms with Crippen LogP contribution in [0.5, 0.6) is 0 Å². The minimum atomic E-state index is -0.577. The normalized spacial score (nSPS) is 16.0. The van der Waals surface area contributed by atoms with E-state index in [0.717, 1.165) is 35.7 Å². The molecule has 0 spiro atoms. The number of halogens is 1. The zero-order valence-electron chi connectivity index (χ0n) is 18.2. The summed E-state index contributed by atoms with van der Waals surface area (Å²) in [6.45, 7) is 3.56. The molecule has 5 rings (SSSR count). The zero-order chi connectivity index (χ0) is 22.8. The third-order valence-electron chi connectivity index (χ3n) is 5.95. The molecule has 0 radical (unpaired) electrons. The second-order valence-corrected chi connectivity index (χ2v) is 9.03. The third kappa shape index (κ3) is 4.31. The number of hydrogen-bond donors (Lipinski definition) is 2. The molecule has 2 aromatic carbocycles. The number of aromatic nitrogens is 2. The number of fused-ring (bicyclic) bond motifs is 1. The first-order valence-corrected chi connectivity index (χ1v) is 11.8. The second kappa shape index (κ2) is 9.25. The van der Waals surface area contributed by atoms with Crippen molar-refractivity contribution in [3.05, 3.63) is 77.2 Å². The number of amides is 1. The van der Waals surface area contributed by atoms with E-state index in [-0.39, 0.29) is 17.5 Å². The van der Waals surface area contributed by atoms with E-state index >= 15 is 4.39 Å². The SMILES string of the molecule is Cc1cccc2ccnc(N(C(=O)c3ccc(Nc4nccs4)cc3F)[C@@H]3CCCNC3)c12. The largest absolute Gasteiger partial charge is 0.331 e. The van der Waals surface area contributed by atoms with Crippen molar-refractivity contribution in [2.24, 2.45) is 0 Å². The molecule has 1 aliphatic rings. The summed E-state index contributed by atoms with van der Waals surface area (Å²) in [6.07, 6.45) is 5.16. The maximum absolute atomic E-state index is 15.2. The highest BCUT2D eigenvalue weighted by molar-refractivity contribution is 7.13. The summed E-state index contributed by atoms with van der Waals surface area (Å²) in [5.41, 5.74) is 1.60. The fourth-order valence-electron chi connectivity index (χ4n) is 4.36. The highest BCUT2D eigenvalue weighted by atomic mass is 32.1. The highest BCUT2D eigenvalue weighted by Crippen LogP contribution is 2.32. The van der Waals surface area contributed by atoms with Gasteiger partial charge < -0.3 is 10.6 Å². The van der Waals surface area contributed by atoms with Gasteiger partial charge in [0.05, 0.1) is 11.6 Å². The van der Waals surface area contributed by atoms with Gasteiger partial charge in [-0.15, -0.1) is 11.3 Å². The molecule has 6 nitrogen and oxygen atoms in total. The predicted octanol–water partition coefficient (Wildman–Crippen LogP) is 5.28. The molecule has 33 heavy (non-hydrogen) atoms. The number of benzene rings is 2. The van der Waals surface area contributed by atoms with Gasteiger partial charge in [0, 0.05) is 35.4 Å². The molecule has 1 atom stereocenters.